The molecule has 8 rings (SSSR count). The van der Waals surface area contributed by atoms with E-state index in [0.29, 0.717) is 36.1 Å². The summed E-state index contributed by atoms with van der Waals surface area (Å²) in [6.45, 7) is 20.3. The van der Waals surface area contributed by atoms with E-state index in [9.17, 15) is 9.59 Å². The van der Waals surface area contributed by atoms with Gasteiger partial charge in [0.05, 0.1) is 19.1 Å². The third-order valence-electron chi connectivity index (χ3n) is 15.1. The molecular formula is C51H74N2O5. The second kappa shape index (κ2) is 19.8. The first-order chi connectivity index (χ1) is 27.4. The summed E-state index contributed by atoms with van der Waals surface area (Å²) in [5.74, 6) is 1.80. The molecule has 7 nitrogen and oxygen atoms in total. The van der Waals surface area contributed by atoms with Crippen molar-refractivity contribution in [1.29, 1.82) is 0 Å². The van der Waals surface area contributed by atoms with Gasteiger partial charge in [0, 0.05) is 17.8 Å². The van der Waals surface area contributed by atoms with Crippen molar-refractivity contribution in [2.45, 2.75) is 140 Å². The zero-order valence-corrected chi connectivity index (χ0v) is 36.5. The summed E-state index contributed by atoms with van der Waals surface area (Å²) >= 11 is 0. The smallest absolute Gasteiger partial charge is 0.309 e. The molecule has 0 radical (unpaired) electrons. The monoisotopic (exact) mass is 795 g/mol. The number of benzene rings is 2. The quantitative estimate of drug-likeness (QED) is 0.182. The summed E-state index contributed by atoms with van der Waals surface area (Å²) in [7, 11) is 1.31. The molecule has 0 aliphatic heterocycles. The van der Waals surface area contributed by atoms with Crippen LogP contribution in [0.15, 0.2) is 84.6 Å². The van der Waals surface area contributed by atoms with E-state index >= 15 is 0 Å². The summed E-state index contributed by atoms with van der Waals surface area (Å²) < 4.78 is 12.5. The van der Waals surface area contributed by atoms with E-state index in [-0.39, 0.29) is 47.4 Å². The van der Waals surface area contributed by atoms with Crippen LogP contribution in [0.1, 0.15) is 150 Å². The Morgan fingerprint density at radius 3 is 1.95 bits per heavy atom. The van der Waals surface area contributed by atoms with Crippen molar-refractivity contribution in [3.8, 4) is 0 Å². The van der Waals surface area contributed by atoms with Crippen molar-refractivity contribution >= 4 is 18.2 Å². The average molecular weight is 795 g/mol. The van der Waals surface area contributed by atoms with E-state index in [1.54, 1.807) is 0 Å². The van der Waals surface area contributed by atoms with Crippen LogP contribution in [0.3, 0.4) is 0 Å². The van der Waals surface area contributed by atoms with Crippen molar-refractivity contribution < 1.29 is 23.9 Å². The van der Waals surface area contributed by atoms with Crippen LogP contribution in [-0.4, -0.2) is 35.1 Å². The fourth-order valence-electron chi connectivity index (χ4n) is 12.4. The van der Waals surface area contributed by atoms with Crippen LogP contribution < -0.4 is 0 Å². The molecule has 0 amide bonds. The Balaban J connectivity index is 0.000000770. The van der Waals surface area contributed by atoms with Gasteiger partial charge in [0.15, 0.2) is 11.9 Å². The Labute approximate surface area is 350 Å². The molecule has 3 aromatic rings. The predicted molar refractivity (Wildman–Crippen MR) is 235 cm³/mol. The molecule has 4 saturated carbocycles. The Bertz CT molecular complexity index is 1780. The molecule has 58 heavy (non-hydrogen) atoms. The number of nitrogens with zero attached hydrogens (tertiary/aromatic N) is 2. The van der Waals surface area contributed by atoms with E-state index < -0.39 is 6.10 Å². The first kappa shape index (κ1) is 46.7. The molecule has 2 aromatic carbocycles. The lowest BCUT2D eigenvalue weighted by atomic mass is 9.38. The summed E-state index contributed by atoms with van der Waals surface area (Å²) in [6.07, 6.45) is 13.0. The Kier molecular flexibility index (Phi) is 16.0. The number of fused-ring (bicyclic) bond motifs is 7. The minimum absolute atomic E-state index is 0. The van der Waals surface area contributed by atoms with Gasteiger partial charge in [0.25, 0.3) is 6.47 Å². The van der Waals surface area contributed by atoms with E-state index in [2.05, 4.69) is 56.2 Å². The van der Waals surface area contributed by atoms with Gasteiger partial charge < -0.3 is 9.47 Å². The Hall–Kier alpha value is -4.00. The SMILES string of the molecule is C.CC.CC.COC=O.Cc1ccnn1C1CCC2(C)C(CCC3(C)C4CCC5(C)CCC(C(=O)OC(c6ccccc6)c6ccccc6)CC5C4=CC(=O)C32)C1C. The number of hydrogen-bond donors (Lipinski definition) is 0. The first-order valence-electron chi connectivity index (χ1n) is 22.0. The standard InChI is InChI=1S/C44H54N2O3.C2H4O2.2C2H6.CH4/c1-28-20-25-45-46(28)37-19-24-43(4)34(29(37)2)18-23-44(5)35-17-22-42(3)21-16-32(26-36(42)33(35)27-38(47)40(43)44)41(48)49-39(30-12-8-6-9-13-30)31-14-10-7-11-15-31;1-4-2-3;2*1-2;/h6-15,20,25,27,29,32,34-37,39-40H,16-19,21-24,26H2,1-5H3;2H,1H3;2*1-2H3;1H4. The molecule has 1 aromatic heterocycles. The van der Waals surface area contributed by atoms with Crippen molar-refractivity contribution in [1.82, 2.24) is 9.78 Å². The fraction of sp³-hybridized carbons (Fsp3) is 0.608. The van der Waals surface area contributed by atoms with Crippen LogP contribution in [-0.2, 0) is 23.9 Å². The van der Waals surface area contributed by atoms with Gasteiger partial charge in [-0.3, -0.25) is 19.1 Å². The molecule has 5 aliphatic rings. The average Bonchev–Trinajstić information content (AvgIpc) is 3.66. The van der Waals surface area contributed by atoms with Crippen molar-refractivity contribution in [2.24, 2.45) is 51.8 Å². The number of aromatic nitrogens is 2. The lowest BCUT2D eigenvalue weighted by Crippen LogP contribution is -2.61. The lowest BCUT2D eigenvalue weighted by molar-refractivity contribution is -0.164. The highest BCUT2D eigenvalue weighted by Gasteiger charge is 2.65. The maximum atomic E-state index is 14.7. The van der Waals surface area contributed by atoms with Crippen molar-refractivity contribution in [3.05, 3.63) is 101 Å². The van der Waals surface area contributed by atoms with Gasteiger partial charge in [-0.15, -0.1) is 0 Å². The molecule has 7 heteroatoms. The molecule has 0 spiro atoms. The molecule has 4 fully saturated rings. The van der Waals surface area contributed by atoms with E-state index in [0.717, 1.165) is 56.1 Å². The van der Waals surface area contributed by atoms with Crippen LogP contribution in [0.4, 0.5) is 0 Å². The molecule has 0 bridgehead atoms. The van der Waals surface area contributed by atoms with Crippen LogP contribution in [0, 0.1) is 58.7 Å². The highest BCUT2D eigenvalue weighted by molar-refractivity contribution is 5.95. The number of carbonyl (C=O) groups is 3. The zero-order chi connectivity index (χ0) is 41.5. The summed E-state index contributed by atoms with van der Waals surface area (Å²) in [4.78, 5) is 37.7. The van der Waals surface area contributed by atoms with Gasteiger partial charge in [0.2, 0.25) is 0 Å². The predicted octanol–water partition coefficient (Wildman–Crippen LogP) is 12.4. The molecular weight excluding hydrogens is 721 g/mol. The van der Waals surface area contributed by atoms with Crippen LogP contribution in [0.25, 0.3) is 0 Å². The van der Waals surface area contributed by atoms with Gasteiger partial charge in [0.1, 0.15) is 0 Å². The van der Waals surface area contributed by atoms with Crippen LogP contribution in [0.2, 0.25) is 0 Å². The van der Waals surface area contributed by atoms with Gasteiger partial charge in [-0.1, -0.05) is 129 Å². The second-order valence-corrected chi connectivity index (χ2v) is 17.8. The second-order valence-electron chi connectivity index (χ2n) is 17.8. The van der Waals surface area contributed by atoms with Crippen LogP contribution >= 0.6 is 0 Å². The molecule has 1 heterocycles. The topological polar surface area (TPSA) is 87.5 Å². The minimum Gasteiger partial charge on any atom is -0.471 e. The molecule has 318 valence electrons. The Morgan fingerprint density at radius 2 is 1.40 bits per heavy atom. The number of esters is 1. The molecule has 0 saturated heterocycles. The largest absolute Gasteiger partial charge is 0.471 e. The number of ether oxygens (including phenoxy) is 2. The van der Waals surface area contributed by atoms with Gasteiger partial charge in [-0.2, -0.15) is 5.10 Å². The number of ketones is 1. The van der Waals surface area contributed by atoms with Gasteiger partial charge >= 0.3 is 5.97 Å². The number of carbonyl (C=O) groups excluding carboxylic acids is 3. The number of rotatable bonds is 6. The van der Waals surface area contributed by atoms with Gasteiger partial charge in [-0.25, -0.2) is 0 Å². The van der Waals surface area contributed by atoms with Crippen molar-refractivity contribution in [2.75, 3.05) is 7.11 Å². The van der Waals surface area contributed by atoms with Crippen LogP contribution in [0.5, 0.6) is 0 Å². The maximum absolute atomic E-state index is 14.7. The number of methoxy groups -OCH3 is 1. The third-order valence-corrected chi connectivity index (χ3v) is 15.1. The highest BCUT2D eigenvalue weighted by atomic mass is 16.5. The molecule has 5 aliphatic carbocycles. The zero-order valence-electron chi connectivity index (χ0n) is 36.5. The lowest BCUT2D eigenvalue weighted by Gasteiger charge is -2.65. The van der Waals surface area contributed by atoms with E-state index in [4.69, 9.17) is 14.6 Å². The number of hydrogen-bond acceptors (Lipinski definition) is 6. The Morgan fingerprint density at radius 1 is 0.828 bits per heavy atom. The highest BCUT2D eigenvalue weighted by Crippen LogP contribution is 2.70. The third kappa shape index (κ3) is 8.66. The van der Waals surface area contributed by atoms with Crippen molar-refractivity contribution in [3.63, 3.8) is 0 Å². The minimum atomic E-state index is -0.428. The van der Waals surface area contributed by atoms with Gasteiger partial charge in [-0.05, 0) is 128 Å². The molecule has 0 N–H and O–H groups in total. The number of aryl methyl sites for hydroxylation is 1. The summed E-state index contributed by atoms with van der Waals surface area (Å²) in [5.41, 5.74) is 4.66. The van der Waals surface area contributed by atoms with E-state index in [1.165, 1.54) is 31.2 Å². The normalized spacial score (nSPS) is 33.1. The summed E-state index contributed by atoms with van der Waals surface area (Å²) in [5, 5.41) is 4.73. The molecule has 10 unspecified atom stereocenters. The number of allylic oxidation sites excluding steroid dienone is 2. The molecule has 10 atom stereocenters. The first-order valence-corrected chi connectivity index (χ1v) is 22.0. The summed E-state index contributed by atoms with van der Waals surface area (Å²) in [6, 6.07) is 22.7. The van der Waals surface area contributed by atoms with E-state index in [1.807, 2.05) is 94.6 Å². The maximum Gasteiger partial charge on any atom is 0.309 e. The fourth-order valence-corrected chi connectivity index (χ4v) is 12.4.